The van der Waals surface area contributed by atoms with Gasteiger partial charge in [0, 0.05) is 86.5 Å². The highest BCUT2D eigenvalue weighted by Crippen LogP contribution is 2.44. The topological polar surface area (TPSA) is 129 Å². The van der Waals surface area contributed by atoms with Crippen molar-refractivity contribution in [3.63, 3.8) is 0 Å². The zero-order valence-electron chi connectivity index (χ0n) is 34.7. The van der Waals surface area contributed by atoms with Gasteiger partial charge in [0.05, 0.1) is 22.2 Å². The molecule has 3 aliphatic rings. The number of alkyl halides is 3. The van der Waals surface area contributed by atoms with E-state index >= 15 is 0 Å². The lowest BCUT2D eigenvalue weighted by Gasteiger charge is -2.39. The Morgan fingerprint density at radius 1 is 1.00 bits per heavy atom. The summed E-state index contributed by atoms with van der Waals surface area (Å²) in [6.45, 7) is 9.79. The van der Waals surface area contributed by atoms with Crippen molar-refractivity contribution in [2.45, 2.75) is 57.0 Å². The molecule has 1 amide bonds. The van der Waals surface area contributed by atoms with E-state index in [1.54, 1.807) is 24.4 Å². The Kier molecular flexibility index (Phi) is 12.6. The van der Waals surface area contributed by atoms with Crippen LogP contribution in [0.4, 0.5) is 24.5 Å². The quantitative estimate of drug-likeness (QED) is 0.112. The highest BCUT2D eigenvalue weighted by Gasteiger charge is 2.36. The van der Waals surface area contributed by atoms with Crippen LogP contribution in [0.5, 0.6) is 11.5 Å². The first-order valence-electron chi connectivity index (χ1n) is 20.9. The minimum absolute atomic E-state index is 0.0561. The van der Waals surface area contributed by atoms with Gasteiger partial charge in [0.2, 0.25) is 0 Å². The molecule has 0 spiro atoms. The van der Waals surface area contributed by atoms with E-state index in [2.05, 4.69) is 51.1 Å². The van der Waals surface area contributed by atoms with E-state index < -0.39 is 32.6 Å². The second-order valence-electron chi connectivity index (χ2n) is 17.1. The van der Waals surface area contributed by atoms with Crippen molar-refractivity contribution in [3.8, 4) is 11.5 Å². The first kappa shape index (κ1) is 43.6. The molecule has 3 aromatic carbocycles. The van der Waals surface area contributed by atoms with Gasteiger partial charge in [0.25, 0.3) is 15.9 Å². The molecule has 16 heteroatoms. The molecule has 0 radical (unpaired) electrons. The lowest BCUT2D eigenvalue weighted by Crippen LogP contribution is -2.47. The van der Waals surface area contributed by atoms with Gasteiger partial charge < -0.3 is 24.7 Å². The summed E-state index contributed by atoms with van der Waals surface area (Å²) in [7, 11) is -4.77. The lowest BCUT2D eigenvalue weighted by atomic mass is 9.72. The number of piperazine rings is 1. The van der Waals surface area contributed by atoms with Gasteiger partial charge in [-0.3, -0.25) is 9.69 Å². The Morgan fingerprint density at radius 2 is 1.76 bits per heavy atom. The molecule has 2 saturated heterocycles. The predicted molar refractivity (Wildman–Crippen MR) is 235 cm³/mol. The smallest absolute Gasteiger partial charge is 0.418 e. The van der Waals surface area contributed by atoms with Crippen molar-refractivity contribution in [1.29, 1.82) is 0 Å². The van der Waals surface area contributed by atoms with Gasteiger partial charge in [-0.1, -0.05) is 43.2 Å². The molecule has 1 aliphatic carbocycles. The number of anilines is 2. The summed E-state index contributed by atoms with van der Waals surface area (Å²) in [5, 5.41) is 4.32. The van der Waals surface area contributed by atoms with Crippen LogP contribution in [0.15, 0.2) is 95.7 Å². The van der Waals surface area contributed by atoms with Crippen LogP contribution in [-0.2, 0) is 20.9 Å². The molecule has 2 aliphatic heterocycles. The van der Waals surface area contributed by atoms with Crippen LogP contribution in [0.3, 0.4) is 0 Å². The van der Waals surface area contributed by atoms with E-state index in [9.17, 15) is 26.4 Å². The van der Waals surface area contributed by atoms with Gasteiger partial charge in [-0.15, -0.1) is 0 Å². The van der Waals surface area contributed by atoms with E-state index in [4.69, 9.17) is 21.1 Å². The number of sulfonamides is 1. The third kappa shape index (κ3) is 10.2. The number of pyridine rings is 1. The molecule has 0 bridgehead atoms. The number of aromatic amines is 1. The molecule has 328 valence electrons. The molecule has 8 rings (SSSR count). The van der Waals surface area contributed by atoms with E-state index in [1.165, 1.54) is 29.0 Å². The number of rotatable bonds is 12. The van der Waals surface area contributed by atoms with Crippen molar-refractivity contribution >= 4 is 55.5 Å². The number of allylic oxidation sites excluding steroid dienone is 1. The average molecular weight is 891 g/mol. The van der Waals surface area contributed by atoms with Crippen molar-refractivity contribution in [1.82, 2.24) is 19.6 Å². The molecule has 3 N–H and O–H groups in total. The number of ether oxygens (including phenoxy) is 2. The summed E-state index contributed by atoms with van der Waals surface area (Å²) in [6, 6.07) is 19.2. The third-order valence-electron chi connectivity index (χ3n) is 12.1. The van der Waals surface area contributed by atoms with Gasteiger partial charge >= 0.3 is 6.18 Å². The zero-order valence-corrected chi connectivity index (χ0v) is 36.2. The van der Waals surface area contributed by atoms with Crippen molar-refractivity contribution in [2.75, 3.05) is 62.7 Å². The minimum Gasteiger partial charge on any atom is -0.455 e. The highest BCUT2D eigenvalue weighted by atomic mass is 35.5. The first-order chi connectivity index (χ1) is 29.6. The zero-order chi connectivity index (χ0) is 43.6. The molecule has 0 atom stereocenters. The standard InChI is InChI=1S/C46H50ClF3N6O5S/c1-45(2)15-11-33(39(26-45)31-3-5-34(47)6-4-31)29-55-17-19-56(20-18-55)35-7-9-38(42(24-35)61-36-23-32-12-16-51-43(32)53-28-36)44(57)54-62(58,59)37-8-10-41(40(25-37)46(48,49)50)52-27-30-13-21-60-22-14-30/h3-10,12,16,23-25,28,30,52H,11,13-15,17-22,26-27,29H2,1-2H3,(H,51,53)(H,54,57). The van der Waals surface area contributed by atoms with E-state index in [0.29, 0.717) is 61.6 Å². The molecule has 0 unspecified atom stereocenters. The monoisotopic (exact) mass is 890 g/mol. The molecule has 4 heterocycles. The van der Waals surface area contributed by atoms with Crippen molar-refractivity contribution < 1.29 is 35.9 Å². The number of H-pyrrole nitrogens is 1. The summed E-state index contributed by atoms with van der Waals surface area (Å²) in [6.07, 6.45) is 2.90. The highest BCUT2D eigenvalue weighted by molar-refractivity contribution is 7.90. The summed E-state index contributed by atoms with van der Waals surface area (Å²) in [5.41, 5.74) is 4.12. The van der Waals surface area contributed by atoms with Crippen LogP contribution in [0.2, 0.25) is 5.02 Å². The summed E-state index contributed by atoms with van der Waals surface area (Å²) < 4.78 is 83.8. The van der Waals surface area contributed by atoms with Gasteiger partial charge in [0.1, 0.15) is 17.1 Å². The SMILES string of the molecule is CC1(C)CCC(CN2CCN(c3ccc(C(=O)NS(=O)(=O)c4ccc(NCC5CCOCC5)c(C(F)(F)F)c4)c(Oc4cnc5[nH]ccc5c4)c3)CC2)=C(c2ccc(Cl)cc2)C1. The molecule has 11 nitrogen and oxygen atoms in total. The number of fused-ring (bicyclic) bond motifs is 1. The number of benzene rings is 3. The van der Waals surface area contributed by atoms with Crippen LogP contribution in [0, 0.1) is 11.3 Å². The van der Waals surface area contributed by atoms with Gasteiger partial charge in [-0.2, -0.15) is 13.2 Å². The Labute approximate surface area is 364 Å². The normalized spacial score (nSPS) is 17.9. The first-order valence-corrected chi connectivity index (χ1v) is 22.8. The third-order valence-corrected chi connectivity index (χ3v) is 13.7. The number of carbonyl (C=O) groups excluding carboxylic acids is 1. The molecule has 5 aromatic rings. The largest absolute Gasteiger partial charge is 0.455 e. The Bertz CT molecular complexity index is 2570. The van der Waals surface area contributed by atoms with Crippen LogP contribution in [0.25, 0.3) is 16.6 Å². The minimum atomic E-state index is -4.87. The van der Waals surface area contributed by atoms with Gasteiger partial charge in [-0.25, -0.2) is 18.1 Å². The molecule has 2 fully saturated rings. The maximum atomic E-state index is 14.3. The fourth-order valence-corrected chi connectivity index (χ4v) is 9.62. The van der Waals surface area contributed by atoms with Gasteiger partial charge in [-0.05, 0) is 109 Å². The van der Waals surface area contributed by atoms with E-state index in [-0.39, 0.29) is 34.9 Å². The Morgan fingerprint density at radius 3 is 2.50 bits per heavy atom. The van der Waals surface area contributed by atoms with Crippen LogP contribution in [-0.4, -0.2) is 81.7 Å². The number of nitrogens with one attached hydrogen (secondary N) is 3. The average Bonchev–Trinajstić information content (AvgIpc) is 3.72. The van der Waals surface area contributed by atoms with Crippen molar-refractivity contribution in [3.05, 3.63) is 112 Å². The molecular weight excluding hydrogens is 841 g/mol. The molecule has 2 aromatic heterocycles. The fourth-order valence-electron chi connectivity index (χ4n) is 8.50. The molecule has 62 heavy (non-hydrogen) atoms. The second-order valence-corrected chi connectivity index (χ2v) is 19.3. The number of amides is 1. The number of aromatic nitrogens is 2. The Hall–Kier alpha value is -5.09. The number of hydrogen-bond donors (Lipinski definition) is 3. The number of nitrogens with zero attached hydrogens (tertiary/aromatic N) is 3. The molecule has 0 saturated carbocycles. The predicted octanol–water partition coefficient (Wildman–Crippen LogP) is 9.77. The summed E-state index contributed by atoms with van der Waals surface area (Å²) in [4.78, 5) is 25.2. The van der Waals surface area contributed by atoms with Crippen LogP contribution in [0.1, 0.15) is 67.4 Å². The van der Waals surface area contributed by atoms with Gasteiger partial charge in [0.15, 0.2) is 0 Å². The van der Waals surface area contributed by atoms with E-state index in [1.807, 2.05) is 22.9 Å². The van der Waals surface area contributed by atoms with E-state index in [0.717, 1.165) is 62.1 Å². The molecular formula is C46H50ClF3N6O5S. The maximum absolute atomic E-state index is 14.3. The number of hydrogen-bond acceptors (Lipinski definition) is 9. The maximum Gasteiger partial charge on any atom is 0.418 e. The Balaban J connectivity index is 1.01. The van der Waals surface area contributed by atoms with Crippen molar-refractivity contribution in [2.24, 2.45) is 11.3 Å². The number of halogens is 4. The summed E-state index contributed by atoms with van der Waals surface area (Å²) >= 11 is 6.23. The fraction of sp³-hybridized carbons (Fsp3) is 0.391. The van der Waals surface area contributed by atoms with Crippen LogP contribution >= 0.6 is 11.6 Å². The van der Waals surface area contributed by atoms with Crippen LogP contribution < -0.4 is 19.7 Å². The number of carbonyl (C=O) groups is 1. The summed E-state index contributed by atoms with van der Waals surface area (Å²) in [5.74, 6) is -0.592. The lowest BCUT2D eigenvalue weighted by molar-refractivity contribution is -0.137. The second kappa shape index (κ2) is 17.9.